The molecule has 3 rings (SSSR count). The molecule has 2 aromatic heterocycles. The van der Waals surface area contributed by atoms with Gasteiger partial charge in [-0.05, 0) is 69.2 Å². The van der Waals surface area contributed by atoms with Crippen LogP contribution in [0.1, 0.15) is 64.6 Å². The number of sulfonamides is 1. The quantitative estimate of drug-likeness (QED) is 0.451. The van der Waals surface area contributed by atoms with Crippen LogP contribution < -0.4 is 15.4 Å². The summed E-state index contributed by atoms with van der Waals surface area (Å²) in [6.07, 6.45) is 5.28. The Morgan fingerprint density at radius 3 is 2.41 bits per heavy atom. The third kappa shape index (κ3) is 8.63. The van der Waals surface area contributed by atoms with Crippen LogP contribution in [0.25, 0.3) is 0 Å². The zero-order chi connectivity index (χ0) is 29.0. The number of piperidine rings is 1. The normalized spacial score (nSPS) is 17.7. The molecule has 2 atom stereocenters. The van der Waals surface area contributed by atoms with Crippen LogP contribution in [-0.4, -0.2) is 59.6 Å². The van der Waals surface area contributed by atoms with Gasteiger partial charge in [0, 0.05) is 12.7 Å². The van der Waals surface area contributed by atoms with Crippen LogP contribution >= 0.6 is 0 Å². The van der Waals surface area contributed by atoms with Crippen molar-refractivity contribution in [2.45, 2.75) is 65.5 Å². The Morgan fingerprint density at radius 1 is 1.10 bits per heavy atom. The third-order valence-electron chi connectivity index (χ3n) is 5.96. The van der Waals surface area contributed by atoms with Crippen LogP contribution in [0, 0.1) is 5.92 Å². The number of pyridine rings is 2. The summed E-state index contributed by atoms with van der Waals surface area (Å²) in [4.78, 5) is 48.4. The molecule has 39 heavy (non-hydrogen) atoms. The van der Waals surface area contributed by atoms with E-state index in [-0.39, 0.29) is 17.8 Å². The van der Waals surface area contributed by atoms with Crippen LogP contribution in [0.15, 0.2) is 30.6 Å². The van der Waals surface area contributed by atoms with Crippen molar-refractivity contribution in [3.8, 4) is 0 Å². The van der Waals surface area contributed by atoms with Gasteiger partial charge in [-0.1, -0.05) is 19.9 Å². The van der Waals surface area contributed by atoms with E-state index in [1.165, 1.54) is 23.4 Å². The molecule has 3 amide bonds. The zero-order valence-electron chi connectivity index (χ0n) is 23.1. The SMILES string of the molecule is CCc1cc(NC(=O)C(=O)N2CC(C)CCC2c2ccc(NS(C)(=O)=O)nc2)cnc1NC(=O)OC(C)(C)C. The molecule has 212 valence electrons. The second kappa shape index (κ2) is 12.0. The van der Waals surface area contributed by atoms with E-state index in [1.54, 1.807) is 32.9 Å². The van der Waals surface area contributed by atoms with Gasteiger partial charge in [0.05, 0.1) is 24.2 Å². The number of hydrogen-bond donors (Lipinski definition) is 3. The van der Waals surface area contributed by atoms with E-state index in [0.29, 0.717) is 42.0 Å². The molecule has 1 aliphatic heterocycles. The minimum Gasteiger partial charge on any atom is -0.444 e. The topological polar surface area (TPSA) is 160 Å². The Kier molecular flexibility index (Phi) is 9.15. The van der Waals surface area contributed by atoms with Crippen molar-refractivity contribution in [1.82, 2.24) is 14.9 Å². The van der Waals surface area contributed by atoms with Gasteiger partial charge < -0.3 is 15.0 Å². The smallest absolute Gasteiger partial charge is 0.413 e. The molecular weight excluding hydrogens is 524 g/mol. The first-order valence-corrected chi connectivity index (χ1v) is 14.6. The van der Waals surface area contributed by atoms with Crippen molar-refractivity contribution in [3.63, 3.8) is 0 Å². The molecule has 12 nitrogen and oxygen atoms in total. The Morgan fingerprint density at radius 2 is 1.82 bits per heavy atom. The van der Waals surface area contributed by atoms with Crippen LogP contribution in [0.4, 0.5) is 22.1 Å². The summed E-state index contributed by atoms with van der Waals surface area (Å²) in [5, 5.41) is 5.24. The standard InChI is InChI=1S/C26H36N6O6S/c1-7-17-12-19(14-28-22(17)30-25(35)38-26(3,4)5)29-23(33)24(34)32-15-16(2)8-10-20(32)18-9-11-21(27-13-18)31-39(6,36)37/h9,11-14,16,20H,7-8,10,15H2,1-6H3,(H,27,31)(H,29,33)(H,28,30,35). The number of carbonyl (C=O) groups is 3. The van der Waals surface area contributed by atoms with Crippen molar-refractivity contribution in [2.24, 2.45) is 5.92 Å². The Labute approximate surface area is 229 Å². The Bertz CT molecular complexity index is 1320. The molecule has 2 aromatic rings. The summed E-state index contributed by atoms with van der Waals surface area (Å²) in [6, 6.07) is 4.50. The third-order valence-corrected chi connectivity index (χ3v) is 6.54. The molecule has 0 bridgehead atoms. The highest BCUT2D eigenvalue weighted by molar-refractivity contribution is 7.92. The number of hydrogen-bond acceptors (Lipinski definition) is 8. The fourth-order valence-electron chi connectivity index (χ4n) is 4.25. The number of carbonyl (C=O) groups excluding carboxylic acids is 3. The molecule has 13 heteroatoms. The maximum absolute atomic E-state index is 13.3. The molecule has 0 radical (unpaired) electrons. The average molecular weight is 561 g/mol. The fraction of sp³-hybridized carbons (Fsp3) is 0.500. The van der Waals surface area contributed by atoms with E-state index < -0.39 is 33.5 Å². The number of aryl methyl sites for hydroxylation is 1. The number of nitrogens with one attached hydrogen (secondary N) is 3. The van der Waals surface area contributed by atoms with Crippen molar-refractivity contribution in [3.05, 3.63) is 41.7 Å². The molecule has 0 aliphatic carbocycles. The van der Waals surface area contributed by atoms with E-state index in [0.717, 1.165) is 12.7 Å². The number of nitrogens with zero attached hydrogens (tertiary/aromatic N) is 3. The molecule has 1 aliphatic rings. The highest BCUT2D eigenvalue weighted by Gasteiger charge is 2.34. The summed E-state index contributed by atoms with van der Waals surface area (Å²) >= 11 is 0. The number of ether oxygens (including phenoxy) is 1. The lowest BCUT2D eigenvalue weighted by molar-refractivity contribution is -0.146. The molecule has 3 N–H and O–H groups in total. The number of rotatable bonds is 6. The van der Waals surface area contributed by atoms with Gasteiger partial charge in [-0.3, -0.25) is 19.6 Å². The molecule has 0 spiro atoms. The van der Waals surface area contributed by atoms with E-state index >= 15 is 0 Å². The number of likely N-dealkylation sites (tertiary alicyclic amines) is 1. The van der Waals surface area contributed by atoms with Gasteiger partial charge in [0.1, 0.15) is 17.2 Å². The lowest BCUT2D eigenvalue weighted by Crippen LogP contribution is -2.46. The Balaban J connectivity index is 1.74. The maximum atomic E-state index is 13.3. The van der Waals surface area contributed by atoms with Crippen LogP contribution in [0.5, 0.6) is 0 Å². The molecule has 1 fully saturated rings. The van der Waals surface area contributed by atoms with Gasteiger partial charge in [-0.15, -0.1) is 0 Å². The largest absolute Gasteiger partial charge is 0.444 e. The van der Waals surface area contributed by atoms with E-state index in [1.807, 2.05) is 13.8 Å². The van der Waals surface area contributed by atoms with Crippen LogP contribution in [-0.2, 0) is 30.8 Å². The first-order chi connectivity index (χ1) is 18.1. The number of anilines is 3. The summed E-state index contributed by atoms with van der Waals surface area (Å²) in [5.74, 6) is -0.830. The summed E-state index contributed by atoms with van der Waals surface area (Å²) < 4.78 is 30.5. The van der Waals surface area contributed by atoms with Crippen LogP contribution in [0.2, 0.25) is 0 Å². The maximum Gasteiger partial charge on any atom is 0.413 e. The fourth-order valence-corrected chi connectivity index (χ4v) is 4.75. The van der Waals surface area contributed by atoms with Gasteiger partial charge >= 0.3 is 17.9 Å². The summed E-state index contributed by atoms with van der Waals surface area (Å²) in [6.45, 7) is 9.54. The second-order valence-electron chi connectivity index (χ2n) is 10.7. The molecule has 2 unspecified atom stereocenters. The molecule has 1 saturated heterocycles. The monoisotopic (exact) mass is 560 g/mol. The van der Waals surface area contributed by atoms with Crippen molar-refractivity contribution in [2.75, 3.05) is 28.2 Å². The minimum absolute atomic E-state index is 0.171. The van der Waals surface area contributed by atoms with Crippen molar-refractivity contribution >= 4 is 45.3 Å². The van der Waals surface area contributed by atoms with E-state index in [2.05, 4.69) is 25.3 Å². The van der Waals surface area contributed by atoms with E-state index in [9.17, 15) is 22.8 Å². The van der Waals surface area contributed by atoms with Gasteiger partial charge in [0.2, 0.25) is 10.0 Å². The number of aromatic nitrogens is 2. The predicted molar refractivity (Wildman–Crippen MR) is 148 cm³/mol. The van der Waals surface area contributed by atoms with Gasteiger partial charge in [0.15, 0.2) is 0 Å². The first-order valence-electron chi connectivity index (χ1n) is 12.7. The van der Waals surface area contributed by atoms with E-state index in [4.69, 9.17) is 4.74 Å². The lowest BCUT2D eigenvalue weighted by Gasteiger charge is -2.38. The Hall–Kier alpha value is -3.74. The molecule has 0 aromatic carbocycles. The van der Waals surface area contributed by atoms with Crippen molar-refractivity contribution < 1.29 is 27.5 Å². The van der Waals surface area contributed by atoms with Crippen LogP contribution in [0.3, 0.4) is 0 Å². The minimum atomic E-state index is -3.47. The summed E-state index contributed by atoms with van der Waals surface area (Å²) in [7, 11) is -3.47. The second-order valence-corrected chi connectivity index (χ2v) is 12.4. The highest BCUT2D eigenvalue weighted by atomic mass is 32.2. The molecule has 0 saturated carbocycles. The predicted octanol–water partition coefficient (Wildman–Crippen LogP) is 3.70. The lowest BCUT2D eigenvalue weighted by atomic mass is 9.90. The average Bonchev–Trinajstić information content (AvgIpc) is 2.83. The highest BCUT2D eigenvalue weighted by Crippen LogP contribution is 2.33. The van der Waals surface area contributed by atoms with Gasteiger partial charge in [0.25, 0.3) is 0 Å². The van der Waals surface area contributed by atoms with Crippen molar-refractivity contribution in [1.29, 1.82) is 0 Å². The summed E-state index contributed by atoms with van der Waals surface area (Å²) in [5.41, 5.74) is 1.01. The van der Waals surface area contributed by atoms with Gasteiger partial charge in [-0.25, -0.2) is 23.2 Å². The zero-order valence-corrected chi connectivity index (χ0v) is 23.9. The van der Waals surface area contributed by atoms with Gasteiger partial charge in [-0.2, -0.15) is 0 Å². The molecular formula is C26H36N6O6S. The number of amides is 3. The molecule has 3 heterocycles. The first kappa shape index (κ1) is 29.8.